The Morgan fingerprint density at radius 1 is 0.977 bits per heavy atom. The largest absolute Gasteiger partial charge is 0.497 e. The van der Waals surface area contributed by atoms with Gasteiger partial charge >= 0.3 is 6.18 Å². The van der Waals surface area contributed by atoms with E-state index in [1.807, 2.05) is 29.2 Å². The van der Waals surface area contributed by atoms with Crippen LogP contribution < -0.4 is 9.64 Å². The van der Waals surface area contributed by atoms with Crippen molar-refractivity contribution in [1.29, 1.82) is 0 Å². The summed E-state index contributed by atoms with van der Waals surface area (Å²) in [6.07, 6.45) is -4.44. The van der Waals surface area contributed by atoms with Crippen LogP contribution in [0.25, 0.3) is 0 Å². The Labute approximate surface area is 256 Å². The van der Waals surface area contributed by atoms with Crippen LogP contribution in [0.4, 0.5) is 24.5 Å². The molecule has 0 saturated carbocycles. The highest BCUT2D eigenvalue weighted by atomic mass is 32.1. The summed E-state index contributed by atoms with van der Waals surface area (Å²) in [7, 11) is 1.58. The second-order valence-corrected chi connectivity index (χ2v) is 11.3. The van der Waals surface area contributed by atoms with Crippen LogP contribution >= 0.6 is 11.3 Å². The molecule has 0 aliphatic carbocycles. The van der Waals surface area contributed by atoms with Crippen LogP contribution in [0.3, 0.4) is 0 Å². The third-order valence-corrected chi connectivity index (χ3v) is 8.18. The van der Waals surface area contributed by atoms with E-state index >= 15 is 0 Å². The first-order chi connectivity index (χ1) is 21.1. The van der Waals surface area contributed by atoms with Crippen molar-refractivity contribution in [3.63, 3.8) is 0 Å². The molecule has 0 unspecified atom stereocenters. The number of alkyl halides is 3. The number of carbonyl (C=O) groups excluding carboxylic acids is 1. The molecule has 2 heterocycles. The van der Waals surface area contributed by atoms with Crippen molar-refractivity contribution in [1.82, 2.24) is 14.8 Å². The number of methoxy groups -OCH3 is 1. The summed E-state index contributed by atoms with van der Waals surface area (Å²) in [6, 6.07) is 19.1. The zero-order valence-corrected chi connectivity index (χ0v) is 24.7. The third-order valence-electron chi connectivity index (χ3n) is 7.35. The van der Waals surface area contributed by atoms with E-state index in [1.165, 1.54) is 29.5 Å². The van der Waals surface area contributed by atoms with Crippen molar-refractivity contribution < 1.29 is 27.6 Å². The zero-order valence-electron chi connectivity index (χ0n) is 23.9. The lowest BCUT2D eigenvalue weighted by molar-refractivity contribution is -0.384. The molecule has 9 nitrogen and oxygen atoms in total. The van der Waals surface area contributed by atoms with Crippen LogP contribution in [0.5, 0.6) is 5.75 Å². The SMILES string of the molecule is COc1ccc(CN(Cc2cccc(C(F)(F)F)c2)Cc2nc(C(=O)N3CCN(c4ccc([N+](=O)[O-])cc4)CC3)cs2)cc1. The van der Waals surface area contributed by atoms with Gasteiger partial charge in [0.05, 0.1) is 24.1 Å². The highest BCUT2D eigenvalue weighted by Gasteiger charge is 2.30. The van der Waals surface area contributed by atoms with Gasteiger partial charge in [0.25, 0.3) is 11.6 Å². The normalized spacial score (nSPS) is 13.8. The van der Waals surface area contributed by atoms with Gasteiger partial charge < -0.3 is 14.5 Å². The number of nitrogens with zero attached hydrogens (tertiary/aromatic N) is 5. The number of carbonyl (C=O) groups is 1. The topological polar surface area (TPSA) is 92.1 Å². The van der Waals surface area contributed by atoms with Gasteiger partial charge in [0, 0.05) is 62.5 Å². The Hall–Kier alpha value is -4.49. The summed E-state index contributed by atoms with van der Waals surface area (Å²) < 4.78 is 45.3. The van der Waals surface area contributed by atoms with Gasteiger partial charge in [0.1, 0.15) is 16.5 Å². The van der Waals surface area contributed by atoms with Crippen LogP contribution in [0.15, 0.2) is 78.2 Å². The van der Waals surface area contributed by atoms with E-state index in [2.05, 4.69) is 9.88 Å². The maximum atomic E-state index is 13.4. The fraction of sp³-hybridized carbons (Fsp3) is 0.290. The number of aromatic nitrogens is 1. The Morgan fingerprint density at radius 2 is 1.66 bits per heavy atom. The predicted octanol–water partition coefficient (Wildman–Crippen LogP) is 6.24. The number of anilines is 1. The van der Waals surface area contributed by atoms with E-state index in [4.69, 9.17) is 4.74 Å². The van der Waals surface area contributed by atoms with Crippen molar-refractivity contribution in [2.45, 2.75) is 25.8 Å². The number of rotatable bonds is 10. The monoisotopic (exact) mass is 625 g/mol. The fourth-order valence-electron chi connectivity index (χ4n) is 5.05. The summed E-state index contributed by atoms with van der Waals surface area (Å²) >= 11 is 1.34. The molecule has 0 bridgehead atoms. The number of non-ortho nitro benzene ring substituents is 1. The molecule has 1 amide bonds. The van der Waals surface area contributed by atoms with Gasteiger partial charge in [-0.15, -0.1) is 11.3 Å². The molecule has 0 radical (unpaired) electrons. The second-order valence-electron chi connectivity index (χ2n) is 10.4. The lowest BCUT2D eigenvalue weighted by Crippen LogP contribution is -2.48. The van der Waals surface area contributed by atoms with E-state index in [0.29, 0.717) is 61.3 Å². The number of hydrogen-bond donors (Lipinski definition) is 0. The fourth-order valence-corrected chi connectivity index (χ4v) is 5.86. The summed E-state index contributed by atoms with van der Waals surface area (Å²) in [6.45, 7) is 3.15. The number of benzene rings is 3. The van der Waals surface area contributed by atoms with Crippen molar-refractivity contribution >= 4 is 28.6 Å². The van der Waals surface area contributed by atoms with Crippen LogP contribution in [-0.4, -0.2) is 58.9 Å². The first-order valence-electron chi connectivity index (χ1n) is 13.8. The Bertz CT molecular complexity index is 1590. The number of nitro benzene ring substituents is 1. The van der Waals surface area contributed by atoms with Gasteiger partial charge in [-0.2, -0.15) is 13.2 Å². The Kier molecular flexibility index (Phi) is 9.45. The minimum Gasteiger partial charge on any atom is -0.497 e. The molecule has 1 saturated heterocycles. The molecule has 0 atom stereocenters. The van der Waals surface area contributed by atoms with Crippen molar-refractivity contribution in [3.05, 3.63) is 116 Å². The summed E-state index contributed by atoms with van der Waals surface area (Å²) in [4.78, 5) is 34.2. The minimum atomic E-state index is -4.44. The lowest BCUT2D eigenvalue weighted by Gasteiger charge is -2.35. The average molecular weight is 626 g/mol. The molecule has 1 aromatic heterocycles. The molecule has 0 spiro atoms. The van der Waals surface area contributed by atoms with E-state index in [1.54, 1.807) is 35.6 Å². The standard InChI is InChI=1S/C31H30F3N5O4S/c1-43-27-11-5-22(6-12-27)18-36(19-23-3-2-4-24(17-23)31(32,33)34)20-29-35-28(21-44-29)30(40)38-15-13-37(14-16-38)25-7-9-26(10-8-25)39(41)42/h2-12,17,21H,13-16,18-20H2,1H3. The first-order valence-corrected chi connectivity index (χ1v) is 14.7. The van der Waals surface area contributed by atoms with E-state index in [0.717, 1.165) is 23.4 Å². The molecule has 13 heteroatoms. The van der Waals surface area contributed by atoms with Gasteiger partial charge in [0.2, 0.25) is 0 Å². The molecular formula is C31H30F3N5O4S. The Morgan fingerprint density at radius 3 is 2.30 bits per heavy atom. The quantitative estimate of drug-likeness (QED) is 0.152. The minimum absolute atomic E-state index is 0.0271. The number of hydrogen-bond acceptors (Lipinski definition) is 8. The number of halogens is 3. The molecule has 1 aliphatic rings. The van der Waals surface area contributed by atoms with Crippen LogP contribution in [0, 0.1) is 10.1 Å². The highest BCUT2D eigenvalue weighted by molar-refractivity contribution is 7.09. The van der Waals surface area contributed by atoms with Crippen molar-refractivity contribution in [3.8, 4) is 5.75 Å². The van der Waals surface area contributed by atoms with Gasteiger partial charge in [0.15, 0.2) is 0 Å². The molecule has 1 fully saturated rings. The number of thiazole rings is 1. The number of nitro groups is 1. The van der Waals surface area contributed by atoms with Gasteiger partial charge in [-0.05, 0) is 41.5 Å². The molecule has 4 aromatic rings. The summed E-state index contributed by atoms with van der Waals surface area (Å²) in [5.74, 6) is 0.519. The molecule has 1 aliphatic heterocycles. The number of piperazine rings is 1. The third kappa shape index (κ3) is 7.71. The highest BCUT2D eigenvalue weighted by Crippen LogP contribution is 2.30. The first kappa shape index (κ1) is 31.0. The van der Waals surface area contributed by atoms with Crippen molar-refractivity contribution in [2.24, 2.45) is 0 Å². The maximum Gasteiger partial charge on any atom is 0.416 e. The smallest absolute Gasteiger partial charge is 0.416 e. The molecule has 44 heavy (non-hydrogen) atoms. The molecule has 3 aromatic carbocycles. The van der Waals surface area contributed by atoms with Gasteiger partial charge in [-0.1, -0.05) is 30.3 Å². The van der Waals surface area contributed by atoms with E-state index < -0.39 is 16.7 Å². The Balaban J connectivity index is 1.25. The second kappa shape index (κ2) is 13.4. The maximum absolute atomic E-state index is 13.4. The van der Waals surface area contributed by atoms with E-state index in [9.17, 15) is 28.1 Å². The summed E-state index contributed by atoms with van der Waals surface area (Å²) in [5.41, 5.74) is 1.99. The van der Waals surface area contributed by atoms with Gasteiger partial charge in [-0.3, -0.25) is 19.8 Å². The zero-order chi connectivity index (χ0) is 31.3. The predicted molar refractivity (Wildman–Crippen MR) is 161 cm³/mol. The molecule has 0 N–H and O–H groups in total. The van der Waals surface area contributed by atoms with Crippen LogP contribution in [0.2, 0.25) is 0 Å². The average Bonchev–Trinajstić information content (AvgIpc) is 3.49. The lowest BCUT2D eigenvalue weighted by atomic mass is 10.1. The molecule has 5 rings (SSSR count). The van der Waals surface area contributed by atoms with Gasteiger partial charge in [-0.25, -0.2) is 4.98 Å². The number of amides is 1. The van der Waals surface area contributed by atoms with Crippen molar-refractivity contribution in [2.75, 3.05) is 38.2 Å². The molecular weight excluding hydrogens is 595 g/mol. The van der Waals surface area contributed by atoms with Crippen LogP contribution in [-0.2, 0) is 25.8 Å². The number of ether oxygens (including phenoxy) is 1. The summed E-state index contributed by atoms with van der Waals surface area (Å²) in [5, 5.41) is 13.3. The molecule has 230 valence electrons. The van der Waals surface area contributed by atoms with E-state index in [-0.39, 0.29) is 18.1 Å². The van der Waals surface area contributed by atoms with Crippen LogP contribution in [0.1, 0.15) is 32.2 Å².